The predicted octanol–water partition coefficient (Wildman–Crippen LogP) is -0.716. The molecule has 0 fully saturated rings. The summed E-state index contributed by atoms with van der Waals surface area (Å²) in [6.45, 7) is 1.46. The van der Waals surface area contributed by atoms with Crippen LogP contribution < -0.4 is 5.32 Å². The third kappa shape index (κ3) is 2.51. The molecule has 1 heterocycles. The smallest absolute Gasteiger partial charge is 0.360 e. The molecule has 6 nitrogen and oxygen atoms in total. The van der Waals surface area contributed by atoms with Crippen LogP contribution in [0.5, 0.6) is 0 Å². The van der Waals surface area contributed by atoms with Crippen molar-refractivity contribution >= 4 is 5.97 Å². The molecule has 0 amide bonds. The first kappa shape index (κ1) is 9.66. The van der Waals surface area contributed by atoms with Gasteiger partial charge in [-0.1, -0.05) is 5.21 Å². The second-order valence-electron chi connectivity index (χ2n) is 2.46. The lowest BCUT2D eigenvalue weighted by atomic mass is 10.5. The molecule has 72 valence electrons. The van der Waals surface area contributed by atoms with E-state index in [2.05, 4.69) is 20.4 Å². The summed E-state index contributed by atoms with van der Waals surface area (Å²) in [5.74, 6) is -0.462. The normalized spacial score (nSPS) is 10.0. The maximum atomic E-state index is 10.9. The molecule has 0 unspecified atom stereocenters. The van der Waals surface area contributed by atoms with E-state index in [1.54, 1.807) is 10.9 Å². The number of methoxy groups -OCH3 is 1. The number of hydrogen-bond acceptors (Lipinski definition) is 5. The van der Waals surface area contributed by atoms with Crippen molar-refractivity contribution in [3.05, 3.63) is 11.9 Å². The quantitative estimate of drug-likeness (QED) is 0.626. The number of esters is 1. The lowest BCUT2D eigenvalue weighted by Crippen LogP contribution is -2.15. The third-order valence-corrected chi connectivity index (χ3v) is 1.52. The van der Waals surface area contributed by atoms with E-state index in [-0.39, 0.29) is 5.69 Å². The van der Waals surface area contributed by atoms with Crippen LogP contribution in [-0.4, -0.2) is 41.7 Å². The van der Waals surface area contributed by atoms with E-state index < -0.39 is 5.97 Å². The van der Waals surface area contributed by atoms with Crippen LogP contribution in [0.2, 0.25) is 0 Å². The first-order valence-electron chi connectivity index (χ1n) is 3.91. The van der Waals surface area contributed by atoms with Gasteiger partial charge in [-0.2, -0.15) is 0 Å². The van der Waals surface area contributed by atoms with Crippen LogP contribution in [0.25, 0.3) is 0 Å². The Kier molecular flexibility index (Phi) is 3.39. The Bertz CT molecular complexity index is 284. The molecule has 1 rings (SSSR count). The van der Waals surface area contributed by atoms with Gasteiger partial charge in [0.05, 0.1) is 19.9 Å². The minimum Gasteiger partial charge on any atom is -0.464 e. The summed E-state index contributed by atoms with van der Waals surface area (Å²) in [5.41, 5.74) is 0.235. The minimum absolute atomic E-state index is 0.235. The van der Waals surface area contributed by atoms with Gasteiger partial charge in [-0.3, -0.25) is 4.68 Å². The third-order valence-electron chi connectivity index (χ3n) is 1.52. The molecule has 6 heteroatoms. The lowest BCUT2D eigenvalue weighted by molar-refractivity contribution is 0.0594. The highest BCUT2D eigenvalue weighted by atomic mass is 16.5. The van der Waals surface area contributed by atoms with Crippen LogP contribution in [0, 0.1) is 0 Å². The molecule has 1 aromatic heterocycles. The van der Waals surface area contributed by atoms with Crippen molar-refractivity contribution in [1.29, 1.82) is 0 Å². The molecule has 1 aromatic rings. The Morgan fingerprint density at radius 3 is 3.15 bits per heavy atom. The first-order chi connectivity index (χ1) is 6.27. The fraction of sp³-hybridized carbons (Fsp3) is 0.571. The van der Waals surface area contributed by atoms with Crippen molar-refractivity contribution < 1.29 is 9.53 Å². The Balaban J connectivity index is 2.58. The molecule has 0 saturated heterocycles. The van der Waals surface area contributed by atoms with Crippen LogP contribution >= 0.6 is 0 Å². The van der Waals surface area contributed by atoms with Gasteiger partial charge in [-0.05, 0) is 7.05 Å². The highest BCUT2D eigenvalue weighted by Gasteiger charge is 2.09. The Labute approximate surface area is 75.9 Å². The number of likely N-dealkylation sites (N-methyl/N-ethyl adjacent to an activating group) is 1. The molecule has 0 aliphatic heterocycles. The van der Waals surface area contributed by atoms with Gasteiger partial charge < -0.3 is 10.1 Å². The first-order valence-corrected chi connectivity index (χ1v) is 3.91. The number of rotatable bonds is 4. The standard InChI is InChI=1S/C7H12N4O2/c1-8-3-4-11-5-6(9-10-11)7(12)13-2/h5,8H,3-4H2,1-2H3. The van der Waals surface area contributed by atoms with Gasteiger partial charge in [-0.25, -0.2) is 4.79 Å². The van der Waals surface area contributed by atoms with Gasteiger partial charge in [0.25, 0.3) is 0 Å². The minimum atomic E-state index is -0.462. The molecule has 1 N–H and O–H groups in total. The zero-order chi connectivity index (χ0) is 9.68. The van der Waals surface area contributed by atoms with Crippen LogP contribution in [0.15, 0.2) is 6.20 Å². The molecule has 0 bridgehead atoms. The molecule has 0 atom stereocenters. The number of carbonyl (C=O) groups excluding carboxylic acids is 1. The molecule has 0 aliphatic carbocycles. The zero-order valence-electron chi connectivity index (χ0n) is 7.65. The van der Waals surface area contributed by atoms with Gasteiger partial charge in [0.2, 0.25) is 0 Å². The second-order valence-corrected chi connectivity index (χ2v) is 2.46. The Hall–Kier alpha value is -1.43. The molecule has 0 aliphatic rings. The molecule has 0 saturated carbocycles. The van der Waals surface area contributed by atoms with Crippen LogP contribution in [0.1, 0.15) is 10.5 Å². The fourth-order valence-electron chi connectivity index (χ4n) is 0.832. The van der Waals surface area contributed by atoms with E-state index in [9.17, 15) is 4.79 Å². The van der Waals surface area contributed by atoms with E-state index >= 15 is 0 Å². The zero-order valence-corrected chi connectivity index (χ0v) is 7.65. The number of hydrogen-bond donors (Lipinski definition) is 1. The van der Waals surface area contributed by atoms with E-state index in [1.165, 1.54) is 7.11 Å². The fourth-order valence-corrected chi connectivity index (χ4v) is 0.832. The maximum absolute atomic E-state index is 10.9. The van der Waals surface area contributed by atoms with Gasteiger partial charge >= 0.3 is 5.97 Å². The SMILES string of the molecule is CNCCn1cc(C(=O)OC)nn1. The van der Waals surface area contributed by atoms with Crippen LogP contribution in [0.4, 0.5) is 0 Å². The van der Waals surface area contributed by atoms with E-state index in [0.717, 1.165) is 6.54 Å². The summed E-state index contributed by atoms with van der Waals surface area (Å²) in [5, 5.41) is 10.4. The van der Waals surface area contributed by atoms with Crippen molar-refractivity contribution in [1.82, 2.24) is 20.3 Å². The van der Waals surface area contributed by atoms with Crippen molar-refractivity contribution in [3.8, 4) is 0 Å². The van der Waals surface area contributed by atoms with Crippen molar-refractivity contribution in [2.75, 3.05) is 20.7 Å². The number of nitrogens with zero attached hydrogens (tertiary/aromatic N) is 3. The molecule has 0 aromatic carbocycles. The average molecular weight is 184 g/mol. The topological polar surface area (TPSA) is 69.0 Å². The lowest BCUT2D eigenvalue weighted by Gasteiger charge is -1.96. The molecular formula is C7H12N4O2. The predicted molar refractivity (Wildman–Crippen MR) is 45.3 cm³/mol. The molecular weight excluding hydrogens is 172 g/mol. The number of nitrogens with one attached hydrogen (secondary N) is 1. The number of ether oxygens (including phenoxy) is 1. The van der Waals surface area contributed by atoms with Gasteiger partial charge in [0, 0.05) is 6.54 Å². The molecule has 0 radical (unpaired) electrons. The summed E-state index contributed by atoms with van der Waals surface area (Å²) in [6.07, 6.45) is 1.56. The van der Waals surface area contributed by atoms with Crippen molar-refractivity contribution in [2.45, 2.75) is 6.54 Å². The molecule has 13 heavy (non-hydrogen) atoms. The monoisotopic (exact) mass is 184 g/mol. The number of aromatic nitrogens is 3. The van der Waals surface area contributed by atoms with E-state index in [4.69, 9.17) is 0 Å². The summed E-state index contributed by atoms with van der Waals surface area (Å²) in [7, 11) is 3.16. The van der Waals surface area contributed by atoms with Crippen LogP contribution in [-0.2, 0) is 11.3 Å². The highest BCUT2D eigenvalue weighted by Crippen LogP contribution is 1.94. The largest absolute Gasteiger partial charge is 0.464 e. The summed E-state index contributed by atoms with van der Waals surface area (Å²) in [6, 6.07) is 0. The number of carbonyl (C=O) groups is 1. The second kappa shape index (κ2) is 4.56. The van der Waals surface area contributed by atoms with E-state index in [1.807, 2.05) is 7.05 Å². The summed E-state index contributed by atoms with van der Waals surface area (Å²) < 4.78 is 6.07. The summed E-state index contributed by atoms with van der Waals surface area (Å²) >= 11 is 0. The molecule has 0 spiro atoms. The summed E-state index contributed by atoms with van der Waals surface area (Å²) in [4.78, 5) is 10.9. The average Bonchev–Trinajstić information content (AvgIpc) is 2.62. The van der Waals surface area contributed by atoms with Crippen molar-refractivity contribution in [3.63, 3.8) is 0 Å². The van der Waals surface area contributed by atoms with Crippen molar-refractivity contribution in [2.24, 2.45) is 0 Å². The van der Waals surface area contributed by atoms with Gasteiger partial charge in [-0.15, -0.1) is 5.10 Å². The highest BCUT2D eigenvalue weighted by molar-refractivity contribution is 5.86. The van der Waals surface area contributed by atoms with Gasteiger partial charge in [0.15, 0.2) is 5.69 Å². The Morgan fingerprint density at radius 1 is 1.77 bits per heavy atom. The van der Waals surface area contributed by atoms with Crippen LogP contribution in [0.3, 0.4) is 0 Å². The Morgan fingerprint density at radius 2 is 2.54 bits per heavy atom. The van der Waals surface area contributed by atoms with E-state index in [0.29, 0.717) is 6.54 Å². The maximum Gasteiger partial charge on any atom is 0.360 e. The van der Waals surface area contributed by atoms with Gasteiger partial charge in [0.1, 0.15) is 0 Å².